The largest absolute Gasteiger partial charge is 0.478 e. The Morgan fingerprint density at radius 3 is 2.62 bits per heavy atom. The summed E-state index contributed by atoms with van der Waals surface area (Å²) in [5.41, 5.74) is 0.613. The molecule has 0 aromatic heterocycles. The van der Waals surface area contributed by atoms with Crippen LogP contribution in [0.15, 0.2) is 24.3 Å². The molecule has 0 spiro atoms. The van der Waals surface area contributed by atoms with Crippen LogP contribution >= 0.6 is 0 Å². The van der Waals surface area contributed by atoms with E-state index < -0.39 is 5.97 Å². The van der Waals surface area contributed by atoms with E-state index in [4.69, 9.17) is 9.84 Å². The number of aromatic carboxylic acids is 1. The predicted molar refractivity (Wildman–Crippen MR) is 76.4 cm³/mol. The van der Waals surface area contributed by atoms with Crippen molar-refractivity contribution in [2.75, 3.05) is 19.8 Å². The zero-order chi connectivity index (χ0) is 14.8. The summed E-state index contributed by atoms with van der Waals surface area (Å²) < 4.78 is 5.38. The summed E-state index contributed by atoms with van der Waals surface area (Å²) in [6.45, 7) is 2.19. The Morgan fingerprint density at radius 1 is 1.24 bits per heavy atom. The Bertz CT molecular complexity index is 547. The second-order valence-electron chi connectivity index (χ2n) is 5.80. The number of carbonyl (C=O) groups is 2. The van der Waals surface area contributed by atoms with Crippen molar-refractivity contribution in [3.8, 4) is 0 Å². The van der Waals surface area contributed by atoms with Crippen LogP contribution in [0.5, 0.6) is 0 Å². The van der Waals surface area contributed by atoms with Crippen LogP contribution in [0.3, 0.4) is 0 Å². The molecular weight excluding hydrogens is 270 g/mol. The summed E-state index contributed by atoms with van der Waals surface area (Å²) in [6, 6.07) is 6.60. The van der Waals surface area contributed by atoms with E-state index in [2.05, 4.69) is 0 Å². The molecular formula is C16H19NO4. The lowest BCUT2D eigenvalue weighted by atomic mass is 10.1. The Kier molecular flexibility index (Phi) is 3.92. The highest BCUT2D eigenvalue weighted by Crippen LogP contribution is 2.30. The molecule has 2 fully saturated rings. The summed E-state index contributed by atoms with van der Waals surface area (Å²) in [6.07, 6.45) is 3.07. The zero-order valence-corrected chi connectivity index (χ0v) is 11.8. The van der Waals surface area contributed by atoms with Gasteiger partial charge in [-0.25, -0.2) is 4.79 Å². The first kappa shape index (κ1) is 14.1. The molecule has 1 N–H and O–H groups in total. The van der Waals surface area contributed by atoms with E-state index in [1.807, 2.05) is 4.90 Å². The lowest BCUT2D eigenvalue weighted by Crippen LogP contribution is -2.37. The Morgan fingerprint density at radius 2 is 2.00 bits per heavy atom. The molecule has 1 aromatic rings. The number of amides is 1. The predicted octanol–water partition coefficient (Wildman–Crippen LogP) is 2.03. The minimum absolute atomic E-state index is 0.0625. The molecule has 112 valence electrons. The second kappa shape index (κ2) is 5.85. The van der Waals surface area contributed by atoms with Crippen LogP contribution < -0.4 is 0 Å². The number of benzene rings is 1. The fourth-order valence-corrected chi connectivity index (χ4v) is 2.74. The van der Waals surface area contributed by atoms with E-state index in [0.29, 0.717) is 30.7 Å². The average molecular weight is 289 g/mol. The molecule has 3 rings (SSSR count). The van der Waals surface area contributed by atoms with Crippen molar-refractivity contribution in [1.29, 1.82) is 0 Å². The monoisotopic (exact) mass is 289 g/mol. The van der Waals surface area contributed by atoms with E-state index in [1.165, 1.54) is 12.1 Å². The number of rotatable bonds is 5. The van der Waals surface area contributed by atoms with Crippen molar-refractivity contribution in [2.45, 2.75) is 25.3 Å². The van der Waals surface area contributed by atoms with E-state index in [-0.39, 0.29) is 11.5 Å². The van der Waals surface area contributed by atoms with Gasteiger partial charge < -0.3 is 14.7 Å². The van der Waals surface area contributed by atoms with Crippen LogP contribution in [0.2, 0.25) is 0 Å². The first-order valence-corrected chi connectivity index (χ1v) is 7.37. The van der Waals surface area contributed by atoms with Gasteiger partial charge in [-0.1, -0.05) is 6.07 Å². The molecule has 1 saturated heterocycles. The molecule has 0 bridgehead atoms. The third-order valence-electron chi connectivity index (χ3n) is 4.08. The van der Waals surface area contributed by atoms with Gasteiger partial charge >= 0.3 is 5.97 Å². The number of ether oxygens (including phenoxy) is 1. The first-order valence-electron chi connectivity index (χ1n) is 7.37. The molecule has 1 aromatic carbocycles. The molecule has 21 heavy (non-hydrogen) atoms. The van der Waals surface area contributed by atoms with Gasteiger partial charge in [0.05, 0.1) is 12.2 Å². The van der Waals surface area contributed by atoms with Gasteiger partial charge in [-0.15, -0.1) is 0 Å². The summed E-state index contributed by atoms with van der Waals surface area (Å²) in [4.78, 5) is 25.6. The summed E-state index contributed by atoms with van der Waals surface area (Å²) in [7, 11) is 0. The van der Waals surface area contributed by atoms with E-state index >= 15 is 0 Å². The number of carboxylic acid groups (broad SMARTS) is 1. The minimum atomic E-state index is -1.01. The smallest absolute Gasteiger partial charge is 0.335 e. The fourth-order valence-electron chi connectivity index (χ4n) is 2.74. The molecule has 1 heterocycles. The van der Waals surface area contributed by atoms with Crippen LogP contribution in [0.4, 0.5) is 0 Å². The standard InChI is InChI=1S/C16H19NO4/c18-15(12-2-1-3-13(8-12)16(19)20)17(14-4-5-14)9-11-6-7-21-10-11/h1-3,8,11,14H,4-7,9-10H2,(H,19,20)/t11-/m0/s1. The van der Waals surface area contributed by atoms with E-state index in [9.17, 15) is 9.59 Å². The highest BCUT2D eigenvalue weighted by Gasteiger charge is 2.35. The molecule has 1 atom stereocenters. The summed E-state index contributed by atoms with van der Waals surface area (Å²) in [5.74, 6) is -0.670. The van der Waals surface area contributed by atoms with Crippen molar-refractivity contribution >= 4 is 11.9 Å². The van der Waals surface area contributed by atoms with Crippen LogP contribution in [0.25, 0.3) is 0 Å². The van der Waals surface area contributed by atoms with Crippen molar-refractivity contribution in [2.24, 2.45) is 5.92 Å². The quantitative estimate of drug-likeness (QED) is 0.900. The van der Waals surface area contributed by atoms with Gasteiger partial charge in [-0.3, -0.25) is 4.79 Å². The molecule has 5 heteroatoms. The molecule has 1 saturated carbocycles. The Balaban J connectivity index is 1.77. The van der Waals surface area contributed by atoms with Crippen molar-refractivity contribution in [3.63, 3.8) is 0 Å². The van der Waals surface area contributed by atoms with Crippen molar-refractivity contribution in [1.82, 2.24) is 4.90 Å². The zero-order valence-electron chi connectivity index (χ0n) is 11.8. The number of hydrogen-bond acceptors (Lipinski definition) is 3. The highest BCUT2D eigenvalue weighted by molar-refractivity contribution is 5.97. The molecule has 1 aliphatic carbocycles. The Labute approximate surface area is 123 Å². The van der Waals surface area contributed by atoms with Gasteiger partial charge in [-0.05, 0) is 37.5 Å². The maximum Gasteiger partial charge on any atom is 0.335 e. The number of carbonyl (C=O) groups excluding carboxylic acids is 1. The first-order chi connectivity index (χ1) is 10.1. The molecule has 5 nitrogen and oxygen atoms in total. The highest BCUT2D eigenvalue weighted by atomic mass is 16.5. The fraction of sp³-hybridized carbons (Fsp3) is 0.500. The maximum atomic E-state index is 12.7. The number of carboxylic acids is 1. The molecule has 2 aliphatic rings. The second-order valence-corrected chi connectivity index (χ2v) is 5.80. The lowest BCUT2D eigenvalue weighted by molar-refractivity contribution is 0.0697. The molecule has 1 aliphatic heterocycles. The van der Waals surface area contributed by atoms with E-state index in [1.54, 1.807) is 12.1 Å². The van der Waals surface area contributed by atoms with Gasteiger partial charge in [0.2, 0.25) is 0 Å². The lowest BCUT2D eigenvalue weighted by Gasteiger charge is -2.25. The van der Waals surface area contributed by atoms with Gasteiger partial charge in [0.25, 0.3) is 5.91 Å². The number of nitrogens with zero attached hydrogens (tertiary/aromatic N) is 1. The van der Waals surface area contributed by atoms with Crippen LogP contribution in [0.1, 0.15) is 40.0 Å². The SMILES string of the molecule is O=C(O)c1cccc(C(=O)N(C[C@@H]2CCOC2)C2CC2)c1. The summed E-state index contributed by atoms with van der Waals surface area (Å²) in [5, 5.41) is 9.04. The van der Waals surface area contributed by atoms with Crippen LogP contribution in [0, 0.1) is 5.92 Å². The third kappa shape index (κ3) is 3.24. The van der Waals surface area contributed by atoms with Crippen LogP contribution in [-0.2, 0) is 4.74 Å². The Hall–Kier alpha value is -1.88. The van der Waals surface area contributed by atoms with Gasteiger partial charge in [-0.2, -0.15) is 0 Å². The summed E-state index contributed by atoms with van der Waals surface area (Å²) >= 11 is 0. The topological polar surface area (TPSA) is 66.8 Å². The van der Waals surface area contributed by atoms with Crippen molar-refractivity contribution < 1.29 is 19.4 Å². The number of hydrogen-bond donors (Lipinski definition) is 1. The minimum Gasteiger partial charge on any atom is -0.478 e. The maximum absolute atomic E-state index is 12.7. The van der Waals surface area contributed by atoms with Crippen molar-refractivity contribution in [3.05, 3.63) is 35.4 Å². The van der Waals surface area contributed by atoms with Gasteiger partial charge in [0.1, 0.15) is 0 Å². The normalized spacial score (nSPS) is 21.2. The molecule has 0 unspecified atom stereocenters. The molecule has 1 amide bonds. The van der Waals surface area contributed by atoms with Gasteiger partial charge in [0, 0.05) is 30.7 Å². The van der Waals surface area contributed by atoms with Gasteiger partial charge in [0.15, 0.2) is 0 Å². The third-order valence-corrected chi connectivity index (χ3v) is 4.08. The molecule has 0 radical (unpaired) electrons. The average Bonchev–Trinajstić information content (AvgIpc) is 3.20. The van der Waals surface area contributed by atoms with E-state index in [0.717, 1.165) is 25.9 Å². The van der Waals surface area contributed by atoms with Crippen LogP contribution in [-0.4, -0.2) is 47.7 Å².